The smallest absolute Gasteiger partial charge is 0.225 e. The van der Waals surface area contributed by atoms with E-state index in [4.69, 9.17) is 4.99 Å². The summed E-state index contributed by atoms with van der Waals surface area (Å²) in [6, 6.07) is 4.31. The number of halogens is 2. The topological polar surface area (TPSA) is 60.0 Å². The first-order valence-electron chi connectivity index (χ1n) is 12.1. The van der Waals surface area contributed by atoms with Crippen LogP contribution in [0.3, 0.4) is 0 Å². The van der Waals surface area contributed by atoms with E-state index in [1.165, 1.54) is 25.0 Å². The van der Waals surface area contributed by atoms with E-state index < -0.39 is 11.6 Å². The Kier molecular flexibility index (Phi) is 7.48. The van der Waals surface area contributed by atoms with Gasteiger partial charge in [-0.15, -0.1) is 0 Å². The van der Waals surface area contributed by atoms with Crippen molar-refractivity contribution >= 4 is 17.6 Å². The summed E-state index contributed by atoms with van der Waals surface area (Å²) < 4.78 is 26.8. The van der Waals surface area contributed by atoms with Crippen molar-refractivity contribution in [2.45, 2.75) is 51.5 Å². The van der Waals surface area contributed by atoms with Crippen LogP contribution in [-0.4, -0.2) is 62.1 Å². The largest absolute Gasteiger partial charge is 0.371 e. The molecule has 3 aliphatic rings. The Hall–Kier alpha value is -2.38. The first kappa shape index (κ1) is 22.8. The highest BCUT2D eigenvalue weighted by Crippen LogP contribution is 2.28. The number of nitrogens with one attached hydrogen (secondary N) is 2. The van der Waals surface area contributed by atoms with Gasteiger partial charge < -0.3 is 20.4 Å². The Morgan fingerprint density at radius 3 is 2.66 bits per heavy atom. The zero-order chi connectivity index (χ0) is 22.5. The van der Waals surface area contributed by atoms with Crippen molar-refractivity contribution in [2.24, 2.45) is 16.8 Å². The summed E-state index contributed by atoms with van der Waals surface area (Å²) >= 11 is 0. The second-order valence-electron chi connectivity index (χ2n) is 9.31. The van der Waals surface area contributed by atoms with Gasteiger partial charge in [-0.1, -0.05) is 12.8 Å². The molecule has 1 aromatic carbocycles. The fraction of sp³-hybridized carbons (Fsp3) is 0.667. The molecule has 0 aromatic heterocycles. The predicted octanol–water partition coefficient (Wildman–Crippen LogP) is 3.14. The minimum Gasteiger partial charge on any atom is -0.371 e. The molecule has 0 spiro atoms. The van der Waals surface area contributed by atoms with Gasteiger partial charge in [0.2, 0.25) is 5.91 Å². The molecule has 2 unspecified atom stereocenters. The number of guanidine groups is 1. The number of anilines is 1. The van der Waals surface area contributed by atoms with Gasteiger partial charge >= 0.3 is 0 Å². The lowest BCUT2D eigenvalue weighted by Gasteiger charge is -2.22. The molecular weight excluding hydrogens is 412 g/mol. The fourth-order valence-corrected chi connectivity index (χ4v) is 5.14. The minimum absolute atomic E-state index is 0.223. The molecule has 1 amide bonds. The molecule has 0 bridgehead atoms. The van der Waals surface area contributed by atoms with Gasteiger partial charge in [-0.05, 0) is 50.7 Å². The lowest BCUT2D eigenvalue weighted by Crippen LogP contribution is -2.45. The van der Waals surface area contributed by atoms with Crippen LogP contribution in [0.15, 0.2) is 23.2 Å². The first-order chi connectivity index (χ1) is 15.5. The Labute approximate surface area is 189 Å². The lowest BCUT2D eigenvalue weighted by atomic mass is 10.1. The first-order valence-corrected chi connectivity index (χ1v) is 12.1. The average Bonchev–Trinajstić information content (AvgIpc) is 3.55. The molecule has 4 rings (SSSR count). The van der Waals surface area contributed by atoms with Crippen LogP contribution in [0.5, 0.6) is 0 Å². The average molecular weight is 448 g/mol. The molecule has 2 heterocycles. The van der Waals surface area contributed by atoms with Gasteiger partial charge in [0.25, 0.3) is 0 Å². The van der Waals surface area contributed by atoms with Gasteiger partial charge in [-0.3, -0.25) is 9.79 Å². The van der Waals surface area contributed by atoms with Crippen molar-refractivity contribution < 1.29 is 13.6 Å². The summed E-state index contributed by atoms with van der Waals surface area (Å²) in [6.45, 7) is 6.65. The third-order valence-corrected chi connectivity index (χ3v) is 6.95. The van der Waals surface area contributed by atoms with E-state index >= 15 is 0 Å². The van der Waals surface area contributed by atoms with Crippen LogP contribution in [0.2, 0.25) is 0 Å². The number of rotatable bonds is 6. The van der Waals surface area contributed by atoms with E-state index in [0.29, 0.717) is 18.4 Å². The molecule has 1 aromatic rings. The van der Waals surface area contributed by atoms with E-state index in [2.05, 4.69) is 15.5 Å². The molecule has 6 nitrogen and oxygen atoms in total. The van der Waals surface area contributed by atoms with Crippen LogP contribution in [0, 0.1) is 23.5 Å². The summed E-state index contributed by atoms with van der Waals surface area (Å²) in [5.74, 6) is 0.0968. The molecule has 2 N–H and O–H groups in total. The van der Waals surface area contributed by atoms with Crippen LogP contribution >= 0.6 is 0 Å². The Balaban J connectivity index is 1.28. The Morgan fingerprint density at radius 2 is 1.91 bits per heavy atom. The number of hydrogen-bond donors (Lipinski definition) is 2. The number of likely N-dealkylation sites (tertiary alicyclic amines) is 1. The quantitative estimate of drug-likeness (QED) is 0.520. The molecule has 2 saturated heterocycles. The third-order valence-electron chi connectivity index (χ3n) is 6.95. The highest BCUT2D eigenvalue weighted by atomic mass is 19.2. The number of hydrogen-bond acceptors (Lipinski definition) is 3. The van der Waals surface area contributed by atoms with Gasteiger partial charge in [-0.25, -0.2) is 8.78 Å². The van der Waals surface area contributed by atoms with Gasteiger partial charge in [-0.2, -0.15) is 0 Å². The minimum atomic E-state index is -0.814. The highest BCUT2D eigenvalue weighted by molar-refractivity contribution is 5.81. The van der Waals surface area contributed by atoms with Gasteiger partial charge in [0, 0.05) is 63.0 Å². The summed E-state index contributed by atoms with van der Waals surface area (Å²) in [5, 5.41) is 6.83. The maximum atomic E-state index is 13.6. The lowest BCUT2D eigenvalue weighted by molar-refractivity contribution is -0.134. The van der Waals surface area contributed by atoms with Crippen molar-refractivity contribution in [3.8, 4) is 0 Å². The SMILES string of the molecule is CCNC(=NCC1CCN(c2ccc(F)c(F)c2)C1)NC1CCN(C(=O)C2CCCC2)C1. The van der Waals surface area contributed by atoms with Crippen molar-refractivity contribution in [1.29, 1.82) is 0 Å². The van der Waals surface area contributed by atoms with Crippen LogP contribution in [0.1, 0.15) is 45.4 Å². The number of nitrogens with zero attached hydrogens (tertiary/aromatic N) is 3. The zero-order valence-electron chi connectivity index (χ0n) is 19.0. The number of amides is 1. The predicted molar refractivity (Wildman–Crippen MR) is 123 cm³/mol. The molecule has 8 heteroatoms. The van der Waals surface area contributed by atoms with E-state index in [1.807, 2.05) is 11.8 Å². The van der Waals surface area contributed by atoms with Gasteiger partial charge in [0.15, 0.2) is 17.6 Å². The van der Waals surface area contributed by atoms with Crippen LogP contribution in [0.25, 0.3) is 0 Å². The molecule has 2 aliphatic heterocycles. The molecule has 2 atom stereocenters. The van der Waals surface area contributed by atoms with E-state index in [0.717, 1.165) is 70.1 Å². The Bertz CT molecular complexity index is 827. The fourth-order valence-electron chi connectivity index (χ4n) is 5.14. The molecule has 0 radical (unpaired) electrons. The van der Waals surface area contributed by atoms with Crippen LogP contribution in [0.4, 0.5) is 14.5 Å². The summed E-state index contributed by atoms with van der Waals surface area (Å²) in [7, 11) is 0. The number of carbonyl (C=O) groups is 1. The van der Waals surface area contributed by atoms with Crippen molar-refractivity contribution in [1.82, 2.24) is 15.5 Å². The summed E-state index contributed by atoms with van der Waals surface area (Å²) in [6.07, 6.45) is 6.35. The molecule has 1 aliphatic carbocycles. The van der Waals surface area contributed by atoms with E-state index in [1.54, 1.807) is 6.07 Å². The number of carbonyl (C=O) groups excluding carboxylic acids is 1. The summed E-state index contributed by atoms with van der Waals surface area (Å²) in [5.41, 5.74) is 0.721. The molecule has 32 heavy (non-hydrogen) atoms. The van der Waals surface area contributed by atoms with Crippen molar-refractivity contribution in [3.63, 3.8) is 0 Å². The molecular formula is C24H35F2N5O. The van der Waals surface area contributed by atoms with Gasteiger partial charge in [0.1, 0.15) is 0 Å². The van der Waals surface area contributed by atoms with Crippen LogP contribution in [-0.2, 0) is 4.79 Å². The van der Waals surface area contributed by atoms with E-state index in [-0.39, 0.29) is 12.0 Å². The summed E-state index contributed by atoms with van der Waals surface area (Å²) in [4.78, 5) is 21.6. The second kappa shape index (κ2) is 10.5. The van der Waals surface area contributed by atoms with Crippen LogP contribution < -0.4 is 15.5 Å². The van der Waals surface area contributed by atoms with Crippen molar-refractivity contribution in [3.05, 3.63) is 29.8 Å². The molecule has 1 saturated carbocycles. The van der Waals surface area contributed by atoms with Crippen molar-refractivity contribution in [2.75, 3.05) is 44.2 Å². The van der Waals surface area contributed by atoms with E-state index in [9.17, 15) is 13.6 Å². The standard InChI is InChI=1S/C24H35F2N5O/c1-2-27-24(29-19-10-12-31(16-19)23(32)18-5-3-4-6-18)28-14-17-9-11-30(15-17)20-7-8-21(25)22(26)13-20/h7-8,13,17-19H,2-6,9-12,14-16H2,1H3,(H2,27,28,29). The zero-order valence-corrected chi connectivity index (χ0v) is 19.0. The highest BCUT2D eigenvalue weighted by Gasteiger charge is 2.32. The van der Waals surface area contributed by atoms with Gasteiger partial charge in [0.05, 0.1) is 0 Å². The maximum Gasteiger partial charge on any atom is 0.225 e. The Morgan fingerprint density at radius 1 is 1.09 bits per heavy atom. The monoisotopic (exact) mass is 447 g/mol. The third kappa shape index (κ3) is 5.51. The number of aliphatic imine (C=N–C) groups is 1. The normalized spacial score (nSPS) is 24.4. The molecule has 3 fully saturated rings. The second-order valence-corrected chi connectivity index (χ2v) is 9.31. The molecule has 176 valence electrons. The number of benzene rings is 1. The maximum absolute atomic E-state index is 13.6.